The van der Waals surface area contributed by atoms with Gasteiger partial charge in [0.2, 0.25) is 0 Å². The summed E-state index contributed by atoms with van der Waals surface area (Å²) in [4.78, 5) is 4.37. The second-order valence-electron chi connectivity index (χ2n) is 6.19. The van der Waals surface area contributed by atoms with Crippen LogP contribution < -0.4 is 10.9 Å². The third-order valence-corrected chi connectivity index (χ3v) is 5.02. The van der Waals surface area contributed by atoms with Crippen molar-refractivity contribution in [1.82, 2.24) is 20.7 Å². The Balaban J connectivity index is 1.64. The molecule has 0 aromatic carbocycles. The first-order valence-corrected chi connectivity index (χ1v) is 9.73. The maximum Gasteiger partial charge on any atom is 0.189 e. The standard InChI is InChI=1S/C16H28N6S2/c23-15(21-11-5-1-2-6-12-21)19-17-9-10-18-20-16(24)22-13-7-3-4-8-14-22/h9-10H,1-8,11-14H2,(H,19,23)(H,20,24)/b17-9-,18-10+. The number of nitrogens with zero attached hydrogens (tertiary/aromatic N) is 4. The van der Waals surface area contributed by atoms with Gasteiger partial charge in [0.05, 0.1) is 12.4 Å². The first kappa shape index (κ1) is 19.1. The van der Waals surface area contributed by atoms with E-state index in [1.165, 1.54) is 51.4 Å². The second-order valence-corrected chi connectivity index (χ2v) is 6.97. The van der Waals surface area contributed by atoms with Crippen molar-refractivity contribution in [2.45, 2.75) is 51.4 Å². The zero-order chi connectivity index (χ0) is 17.0. The lowest BCUT2D eigenvalue weighted by Crippen LogP contribution is -2.38. The molecule has 0 saturated carbocycles. The van der Waals surface area contributed by atoms with Gasteiger partial charge >= 0.3 is 0 Å². The van der Waals surface area contributed by atoms with Gasteiger partial charge in [-0.05, 0) is 50.1 Å². The Hall–Kier alpha value is -1.28. The number of hydrazone groups is 2. The summed E-state index contributed by atoms with van der Waals surface area (Å²) in [6.07, 6.45) is 13.1. The van der Waals surface area contributed by atoms with E-state index in [2.05, 4.69) is 30.9 Å². The van der Waals surface area contributed by atoms with Crippen LogP contribution in [0.2, 0.25) is 0 Å². The van der Waals surface area contributed by atoms with Gasteiger partial charge in [-0.3, -0.25) is 10.9 Å². The number of hydrogen-bond donors (Lipinski definition) is 2. The fourth-order valence-electron chi connectivity index (χ4n) is 2.94. The van der Waals surface area contributed by atoms with E-state index in [-0.39, 0.29) is 0 Å². The lowest BCUT2D eigenvalue weighted by atomic mass is 10.2. The minimum absolute atomic E-state index is 0.689. The van der Waals surface area contributed by atoms with E-state index in [1.54, 1.807) is 12.4 Å². The fourth-order valence-corrected chi connectivity index (χ4v) is 3.41. The molecule has 8 heteroatoms. The monoisotopic (exact) mass is 368 g/mol. The number of hydrogen-bond acceptors (Lipinski definition) is 4. The smallest absolute Gasteiger partial charge is 0.189 e. The average molecular weight is 369 g/mol. The summed E-state index contributed by atoms with van der Waals surface area (Å²) in [7, 11) is 0. The van der Waals surface area contributed by atoms with Crippen molar-refractivity contribution in [1.29, 1.82) is 0 Å². The van der Waals surface area contributed by atoms with Crippen LogP contribution in [-0.2, 0) is 0 Å². The van der Waals surface area contributed by atoms with Crippen molar-refractivity contribution < 1.29 is 0 Å². The van der Waals surface area contributed by atoms with E-state index < -0.39 is 0 Å². The molecular formula is C16H28N6S2. The molecule has 2 aliphatic heterocycles. The molecule has 134 valence electrons. The molecule has 24 heavy (non-hydrogen) atoms. The molecule has 0 radical (unpaired) electrons. The molecule has 0 aliphatic carbocycles. The van der Waals surface area contributed by atoms with Gasteiger partial charge in [-0.2, -0.15) is 10.2 Å². The van der Waals surface area contributed by atoms with Gasteiger partial charge in [-0.1, -0.05) is 25.7 Å². The molecule has 0 atom stereocenters. The Kier molecular flexibility index (Phi) is 8.97. The van der Waals surface area contributed by atoms with Crippen LogP contribution >= 0.6 is 24.4 Å². The fraction of sp³-hybridized carbons (Fsp3) is 0.750. The van der Waals surface area contributed by atoms with Crippen molar-refractivity contribution in [2.24, 2.45) is 10.2 Å². The molecule has 2 fully saturated rings. The normalized spacial score (nSPS) is 20.0. The molecule has 0 aromatic rings. The SMILES string of the molecule is S=C(N/N=C\C=N\NC(=S)N1CCCCCC1)N1CCCCCC1. The molecule has 2 aliphatic rings. The summed E-state index contributed by atoms with van der Waals surface area (Å²) in [5, 5.41) is 9.57. The van der Waals surface area contributed by atoms with Gasteiger partial charge in [0.15, 0.2) is 10.2 Å². The number of thiocarbonyl (C=S) groups is 2. The first-order chi connectivity index (χ1) is 11.8. The van der Waals surface area contributed by atoms with Crippen LogP contribution in [0.3, 0.4) is 0 Å². The van der Waals surface area contributed by atoms with E-state index in [4.69, 9.17) is 24.4 Å². The molecule has 0 aromatic heterocycles. The van der Waals surface area contributed by atoms with Gasteiger partial charge < -0.3 is 9.80 Å². The quantitative estimate of drug-likeness (QED) is 0.453. The Bertz CT molecular complexity index is 407. The van der Waals surface area contributed by atoms with E-state index in [0.29, 0.717) is 10.2 Å². The maximum absolute atomic E-state index is 5.37. The van der Waals surface area contributed by atoms with Crippen molar-refractivity contribution >= 4 is 47.1 Å². The van der Waals surface area contributed by atoms with Crippen LogP contribution in [0.15, 0.2) is 10.2 Å². The van der Waals surface area contributed by atoms with Gasteiger partial charge in [-0.25, -0.2) is 0 Å². The predicted octanol–water partition coefficient (Wildman–Crippen LogP) is 2.46. The number of likely N-dealkylation sites (tertiary alicyclic amines) is 2. The topological polar surface area (TPSA) is 55.3 Å². The summed E-state index contributed by atoms with van der Waals surface area (Å²) < 4.78 is 0. The van der Waals surface area contributed by atoms with Crippen LogP contribution in [0.4, 0.5) is 0 Å². The van der Waals surface area contributed by atoms with Crippen molar-refractivity contribution in [3.05, 3.63) is 0 Å². The van der Waals surface area contributed by atoms with Gasteiger partial charge in [0.1, 0.15) is 0 Å². The highest BCUT2D eigenvalue weighted by atomic mass is 32.1. The Labute approximate surface area is 155 Å². The highest BCUT2D eigenvalue weighted by Gasteiger charge is 2.12. The molecule has 0 amide bonds. The summed E-state index contributed by atoms with van der Waals surface area (Å²) >= 11 is 10.7. The summed E-state index contributed by atoms with van der Waals surface area (Å²) in [5.41, 5.74) is 5.81. The van der Waals surface area contributed by atoms with Crippen molar-refractivity contribution in [3.8, 4) is 0 Å². The first-order valence-electron chi connectivity index (χ1n) is 8.92. The molecule has 0 spiro atoms. The maximum atomic E-state index is 5.37. The minimum Gasteiger partial charge on any atom is -0.348 e. The van der Waals surface area contributed by atoms with Crippen LogP contribution in [-0.4, -0.2) is 58.6 Å². The molecule has 0 unspecified atom stereocenters. The molecule has 2 heterocycles. The van der Waals surface area contributed by atoms with Crippen LogP contribution in [0.5, 0.6) is 0 Å². The predicted molar refractivity (Wildman–Crippen MR) is 109 cm³/mol. The Morgan fingerprint density at radius 1 is 0.625 bits per heavy atom. The van der Waals surface area contributed by atoms with Crippen molar-refractivity contribution in [3.63, 3.8) is 0 Å². The summed E-state index contributed by atoms with van der Waals surface area (Å²) in [6.45, 7) is 4.06. The lowest BCUT2D eigenvalue weighted by Gasteiger charge is -2.22. The van der Waals surface area contributed by atoms with E-state index in [1.807, 2.05) is 0 Å². The highest BCUT2D eigenvalue weighted by Crippen LogP contribution is 2.10. The molecule has 0 bridgehead atoms. The third kappa shape index (κ3) is 7.09. The summed E-state index contributed by atoms with van der Waals surface area (Å²) in [6, 6.07) is 0. The molecule has 2 N–H and O–H groups in total. The Morgan fingerprint density at radius 3 is 1.29 bits per heavy atom. The zero-order valence-corrected chi connectivity index (χ0v) is 15.9. The van der Waals surface area contributed by atoms with E-state index in [0.717, 1.165) is 26.2 Å². The van der Waals surface area contributed by atoms with E-state index >= 15 is 0 Å². The van der Waals surface area contributed by atoms with Gasteiger partial charge in [0, 0.05) is 26.2 Å². The average Bonchev–Trinajstić information content (AvgIpc) is 3.02. The van der Waals surface area contributed by atoms with Gasteiger partial charge in [-0.15, -0.1) is 0 Å². The molecule has 2 rings (SSSR count). The van der Waals surface area contributed by atoms with Crippen LogP contribution in [0, 0.1) is 0 Å². The van der Waals surface area contributed by atoms with Crippen molar-refractivity contribution in [2.75, 3.05) is 26.2 Å². The van der Waals surface area contributed by atoms with Crippen LogP contribution in [0.1, 0.15) is 51.4 Å². The number of nitrogens with one attached hydrogen (secondary N) is 2. The molecule has 6 nitrogen and oxygen atoms in total. The lowest BCUT2D eigenvalue weighted by molar-refractivity contribution is 0.428. The zero-order valence-electron chi connectivity index (χ0n) is 14.2. The largest absolute Gasteiger partial charge is 0.348 e. The third-order valence-electron chi connectivity index (χ3n) is 4.32. The minimum atomic E-state index is 0.689. The Morgan fingerprint density at radius 2 is 0.958 bits per heavy atom. The highest BCUT2D eigenvalue weighted by molar-refractivity contribution is 7.80. The van der Waals surface area contributed by atoms with E-state index in [9.17, 15) is 0 Å². The molecule has 2 saturated heterocycles. The second kappa shape index (κ2) is 11.3. The van der Waals surface area contributed by atoms with Gasteiger partial charge in [0.25, 0.3) is 0 Å². The number of rotatable bonds is 3. The molecular weight excluding hydrogens is 340 g/mol. The summed E-state index contributed by atoms with van der Waals surface area (Å²) in [5.74, 6) is 0. The van der Waals surface area contributed by atoms with Crippen LogP contribution in [0.25, 0.3) is 0 Å².